The molecule has 0 spiro atoms. The lowest BCUT2D eigenvalue weighted by molar-refractivity contribution is 0.278. The van der Waals surface area contributed by atoms with E-state index in [-0.39, 0.29) is 18.4 Å². The first kappa shape index (κ1) is 12.0. The Morgan fingerprint density at radius 2 is 1.94 bits per heavy atom. The third-order valence-electron chi connectivity index (χ3n) is 3.12. The van der Waals surface area contributed by atoms with Crippen LogP contribution < -0.4 is 4.74 Å². The quantitative estimate of drug-likeness (QED) is 0.844. The molecule has 2 unspecified atom stereocenters. The van der Waals surface area contributed by atoms with Gasteiger partial charge in [0.05, 0.1) is 7.11 Å². The van der Waals surface area contributed by atoms with E-state index in [0.29, 0.717) is 6.42 Å². The highest BCUT2D eigenvalue weighted by molar-refractivity contribution is 6.51. The van der Waals surface area contributed by atoms with E-state index in [0.717, 1.165) is 11.3 Å². The predicted molar refractivity (Wildman–Crippen MR) is 65.4 cm³/mol. The molecule has 0 amide bonds. The third-order valence-corrected chi connectivity index (χ3v) is 4.15. The molecule has 0 aliphatic heterocycles. The Morgan fingerprint density at radius 3 is 2.44 bits per heavy atom. The highest BCUT2D eigenvalue weighted by Crippen LogP contribution is 2.66. The van der Waals surface area contributed by atoms with Gasteiger partial charge < -0.3 is 9.84 Å². The smallest absolute Gasteiger partial charge is 0.129 e. The van der Waals surface area contributed by atoms with Crippen LogP contribution in [0.5, 0.6) is 5.75 Å². The first-order valence-corrected chi connectivity index (χ1v) is 5.99. The van der Waals surface area contributed by atoms with E-state index < -0.39 is 4.33 Å². The molecule has 2 rings (SSSR count). The van der Waals surface area contributed by atoms with Crippen LogP contribution in [0.4, 0.5) is 0 Å². The minimum atomic E-state index is -0.725. The number of aliphatic hydroxyl groups excluding tert-OH is 1. The van der Waals surface area contributed by atoms with Gasteiger partial charge in [-0.15, -0.1) is 23.2 Å². The van der Waals surface area contributed by atoms with Crippen LogP contribution in [0.1, 0.15) is 17.9 Å². The van der Waals surface area contributed by atoms with E-state index in [9.17, 15) is 0 Å². The molecule has 1 aromatic rings. The molecule has 1 N–H and O–H groups in total. The summed E-state index contributed by atoms with van der Waals surface area (Å²) in [5.41, 5.74) is 1.10. The molecule has 0 aromatic heterocycles. The van der Waals surface area contributed by atoms with Crippen LogP contribution in [0.2, 0.25) is 0 Å². The molecule has 0 heterocycles. The highest BCUT2D eigenvalue weighted by Gasteiger charge is 2.62. The highest BCUT2D eigenvalue weighted by atomic mass is 35.5. The topological polar surface area (TPSA) is 29.5 Å². The Balaban J connectivity index is 2.13. The van der Waals surface area contributed by atoms with E-state index in [1.807, 2.05) is 24.3 Å². The van der Waals surface area contributed by atoms with Crippen molar-refractivity contribution in [1.29, 1.82) is 0 Å². The maximum atomic E-state index is 8.92. The van der Waals surface area contributed by atoms with E-state index in [1.54, 1.807) is 7.11 Å². The molecule has 0 saturated heterocycles. The van der Waals surface area contributed by atoms with Crippen LogP contribution in [-0.4, -0.2) is 23.2 Å². The Hall–Kier alpha value is -0.440. The number of hydrogen-bond donors (Lipinski definition) is 1. The number of aliphatic hydroxyl groups is 1. The minimum absolute atomic E-state index is 0.119. The van der Waals surface area contributed by atoms with Crippen molar-refractivity contribution in [1.82, 2.24) is 0 Å². The number of methoxy groups -OCH3 is 1. The molecule has 1 aliphatic rings. The number of ether oxygens (including phenoxy) is 1. The van der Waals surface area contributed by atoms with Gasteiger partial charge in [-0.3, -0.25) is 0 Å². The summed E-state index contributed by atoms with van der Waals surface area (Å²) in [6, 6.07) is 7.74. The zero-order valence-corrected chi connectivity index (χ0v) is 10.5. The summed E-state index contributed by atoms with van der Waals surface area (Å²) in [6.45, 7) is 0.124. The van der Waals surface area contributed by atoms with Crippen LogP contribution in [0.3, 0.4) is 0 Å². The van der Waals surface area contributed by atoms with Crippen molar-refractivity contribution in [2.24, 2.45) is 5.92 Å². The molecule has 1 aliphatic carbocycles. The number of rotatable bonds is 4. The minimum Gasteiger partial charge on any atom is -0.497 e. The lowest BCUT2D eigenvalue weighted by atomic mass is 10.1. The zero-order chi connectivity index (χ0) is 11.8. The van der Waals surface area contributed by atoms with E-state index in [4.69, 9.17) is 33.0 Å². The van der Waals surface area contributed by atoms with Crippen molar-refractivity contribution in [2.45, 2.75) is 16.7 Å². The van der Waals surface area contributed by atoms with Crippen LogP contribution in [0.25, 0.3) is 0 Å². The molecule has 1 saturated carbocycles. The molecular formula is C12H14Cl2O2. The van der Waals surface area contributed by atoms with Crippen LogP contribution >= 0.6 is 23.2 Å². The fraction of sp³-hybridized carbons (Fsp3) is 0.500. The lowest BCUT2D eigenvalue weighted by Gasteiger charge is -2.02. The molecule has 2 nitrogen and oxygen atoms in total. The van der Waals surface area contributed by atoms with Gasteiger partial charge >= 0.3 is 0 Å². The van der Waals surface area contributed by atoms with Crippen LogP contribution in [0.15, 0.2) is 24.3 Å². The van der Waals surface area contributed by atoms with Gasteiger partial charge in [-0.1, -0.05) is 12.1 Å². The van der Waals surface area contributed by atoms with Gasteiger partial charge in [-0.25, -0.2) is 0 Å². The Morgan fingerprint density at radius 1 is 1.31 bits per heavy atom. The molecule has 16 heavy (non-hydrogen) atoms. The number of hydrogen-bond acceptors (Lipinski definition) is 2. The normalized spacial score (nSPS) is 26.5. The second kappa shape index (κ2) is 4.44. The standard InChI is InChI=1S/C12H14Cl2O2/c1-16-9-4-2-8(3-5-9)11-10(6-7-15)12(11,13)14/h2-5,10-11,15H,6-7H2,1H3. The monoisotopic (exact) mass is 260 g/mol. The summed E-state index contributed by atoms with van der Waals surface area (Å²) in [5, 5.41) is 8.92. The summed E-state index contributed by atoms with van der Waals surface area (Å²) in [7, 11) is 1.63. The van der Waals surface area contributed by atoms with Crippen LogP contribution in [-0.2, 0) is 0 Å². The van der Waals surface area contributed by atoms with Crippen molar-refractivity contribution in [3.63, 3.8) is 0 Å². The zero-order valence-electron chi connectivity index (χ0n) is 8.99. The Kier molecular flexibility index (Phi) is 3.34. The van der Waals surface area contributed by atoms with Gasteiger partial charge in [0, 0.05) is 18.4 Å². The van der Waals surface area contributed by atoms with Crippen molar-refractivity contribution in [2.75, 3.05) is 13.7 Å². The molecule has 0 bridgehead atoms. The molecular weight excluding hydrogens is 247 g/mol. The SMILES string of the molecule is COc1ccc(C2C(CCO)C2(Cl)Cl)cc1. The summed E-state index contributed by atoms with van der Waals surface area (Å²) in [6.07, 6.45) is 0.643. The van der Waals surface area contributed by atoms with Gasteiger partial charge in [0.1, 0.15) is 10.1 Å². The summed E-state index contributed by atoms with van der Waals surface area (Å²) in [4.78, 5) is 0. The average molecular weight is 261 g/mol. The maximum absolute atomic E-state index is 8.92. The van der Waals surface area contributed by atoms with Crippen LogP contribution in [0, 0.1) is 5.92 Å². The van der Waals surface area contributed by atoms with Crippen molar-refractivity contribution in [3.8, 4) is 5.75 Å². The summed E-state index contributed by atoms with van der Waals surface area (Å²) < 4.78 is 4.36. The van der Waals surface area contributed by atoms with E-state index in [1.165, 1.54) is 0 Å². The molecule has 1 fully saturated rings. The fourth-order valence-electron chi connectivity index (χ4n) is 2.15. The molecule has 0 radical (unpaired) electrons. The molecule has 1 aromatic carbocycles. The Labute approximate surface area is 105 Å². The summed E-state index contributed by atoms with van der Waals surface area (Å²) >= 11 is 12.4. The Bertz CT molecular complexity index is 362. The van der Waals surface area contributed by atoms with Gasteiger partial charge in [-0.05, 0) is 24.1 Å². The van der Waals surface area contributed by atoms with Gasteiger partial charge in [0.25, 0.3) is 0 Å². The molecule has 4 heteroatoms. The molecule has 88 valence electrons. The number of alkyl halides is 2. The predicted octanol–water partition coefficient (Wildman–Crippen LogP) is 2.96. The second-order valence-electron chi connectivity index (χ2n) is 4.04. The van der Waals surface area contributed by atoms with Gasteiger partial charge in [-0.2, -0.15) is 0 Å². The number of halogens is 2. The fourth-order valence-corrected chi connectivity index (χ4v) is 3.05. The average Bonchev–Trinajstić information content (AvgIpc) is 2.82. The first-order valence-electron chi connectivity index (χ1n) is 5.24. The largest absolute Gasteiger partial charge is 0.497 e. The lowest BCUT2D eigenvalue weighted by Crippen LogP contribution is -1.92. The van der Waals surface area contributed by atoms with E-state index >= 15 is 0 Å². The van der Waals surface area contributed by atoms with Crippen molar-refractivity contribution < 1.29 is 9.84 Å². The van der Waals surface area contributed by atoms with Gasteiger partial charge in [0.15, 0.2) is 0 Å². The third kappa shape index (κ3) is 2.02. The second-order valence-corrected chi connectivity index (χ2v) is 5.49. The summed E-state index contributed by atoms with van der Waals surface area (Å²) in [5.74, 6) is 1.08. The van der Waals surface area contributed by atoms with Crippen molar-refractivity contribution in [3.05, 3.63) is 29.8 Å². The number of benzene rings is 1. The maximum Gasteiger partial charge on any atom is 0.129 e. The van der Waals surface area contributed by atoms with Crippen molar-refractivity contribution >= 4 is 23.2 Å². The van der Waals surface area contributed by atoms with Gasteiger partial charge in [0.2, 0.25) is 0 Å². The van der Waals surface area contributed by atoms with E-state index in [2.05, 4.69) is 0 Å². The molecule has 2 atom stereocenters. The first-order chi connectivity index (χ1) is 7.61.